The van der Waals surface area contributed by atoms with E-state index in [0.717, 1.165) is 22.3 Å². The number of halogens is 1. The summed E-state index contributed by atoms with van der Waals surface area (Å²) in [5.74, 6) is -4.97. The van der Waals surface area contributed by atoms with E-state index in [1.807, 2.05) is 29.6 Å². The second-order valence-electron chi connectivity index (χ2n) is 21.6. The number of nitrogens with one attached hydrogen (secondary N) is 3. The van der Waals surface area contributed by atoms with E-state index in [9.17, 15) is 58.5 Å². The van der Waals surface area contributed by atoms with Crippen LogP contribution in [-0.4, -0.2) is 125 Å². The molecular formula is C65H63BBrN3O23. The molecule has 0 fully saturated rings. The van der Waals surface area contributed by atoms with Gasteiger partial charge in [-0.2, -0.15) is 0 Å². The van der Waals surface area contributed by atoms with Crippen LogP contribution in [0.3, 0.4) is 0 Å². The first-order valence-corrected chi connectivity index (χ1v) is 28.4. The van der Waals surface area contributed by atoms with Crippen molar-refractivity contribution in [1.82, 2.24) is 16.0 Å². The molecule has 0 radical (unpaired) electrons. The van der Waals surface area contributed by atoms with Gasteiger partial charge in [0.1, 0.15) is 82.1 Å². The van der Waals surface area contributed by atoms with Crippen molar-refractivity contribution in [1.29, 1.82) is 0 Å². The standard InChI is InChI=1S/C23H23NO7.C19H15NO7.C16H16BrNO6.C7H9BO3/c1-23(2,3)31-18(25)12-24-21(27)19-20(26)16-10-7-14(11-17(16)30-22(19)28)13-5-8-15(29-4)9-6-13;1-26-12-5-2-10(3-6-12)11-4-7-13-14(8-11)27-19(25)16(17(13)23)18(24)20-9-15(21)22;1-16(2,3)24-11(19)7-18-14(21)12-13(20)9-5-4-8(17)6-10(9)23-15(12)22;1-11-7-4-2-6(3-5-7)8(9)10/h5-11,26H,12H2,1-4H3,(H,24,27);2-8,23H,9H2,1H3,(H,20,24)(H,21,22);4-6,20H,7H2,1-3H3,(H,18,21);2-5,9-10H,1H3. The van der Waals surface area contributed by atoms with Crippen molar-refractivity contribution >= 4 is 97.0 Å². The fraction of sp³-hybridized carbons (Fsp3) is 0.215. The van der Waals surface area contributed by atoms with Gasteiger partial charge in [-0.15, -0.1) is 0 Å². The molecule has 0 unspecified atom stereocenters. The van der Waals surface area contributed by atoms with Crippen molar-refractivity contribution in [3.63, 3.8) is 0 Å². The van der Waals surface area contributed by atoms with Crippen LogP contribution in [0.1, 0.15) is 72.6 Å². The Balaban J connectivity index is 0.000000206. The molecule has 3 heterocycles. The Labute approximate surface area is 537 Å². The lowest BCUT2D eigenvalue weighted by Gasteiger charge is -2.19. The highest BCUT2D eigenvalue weighted by Gasteiger charge is 2.26. The van der Waals surface area contributed by atoms with Crippen molar-refractivity contribution in [2.24, 2.45) is 0 Å². The number of methoxy groups -OCH3 is 3. The number of benzene rings is 6. The fourth-order valence-corrected chi connectivity index (χ4v) is 8.65. The maximum absolute atomic E-state index is 12.4. The monoisotopic (exact) mass is 1340 g/mol. The second kappa shape index (κ2) is 31.2. The average molecular weight is 1340 g/mol. The summed E-state index contributed by atoms with van der Waals surface area (Å²) in [6.07, 6.45) is 0. The van der Waals surface area contributed by atoms with Crippen LogP contribution in [0.4, 0.5) is 0 Å². The van der Waals surface area contributed by atoms with Gasteiger partial charge in [0.15, 0.2) is 16.7 Å². The minimum absolute atomic E-state index is 0.0978. The van der Waals surface area contributed by atoms with Crippen LogP contribution in [0.25, 0.3) is 55.2 Å². The molecule has 0 atom stereocenters. The highest BCUT2D eigenvalue weighted by molar-refractivity contribution is 9.10. The van der Waals surface area contributed by atoms with Crippen molar-refractivity contribution in [3.8, 4) is 56.8 Å². The van der Waals surface area contributed by atoms with Crippen LogP contribution < -0.4 is 52.5 Å². The molecule has 26 nitrogen and oxygen atoms in total. The zero-order valence-electron chi connectivity index (χ0n) is 51.3. The van der Waals surface area contributed by atoms with Gasteiger partial charge in [-0.1, -0.05) is 64.5 Å². The lowest BCUT2D eigenvalue weighted by Crippen LogP contribution is -2.36. The van der Waals surface area contributed by atoms with E-state index in [1.54, 1.807) is 148 Å². The molecule has 9 rings (SSSR count). The van der Waals surface area contributed by atoms with Crippen LogP contribution in [0.5, 0.6) is 34.5 Å². The quantitative estimate of drug-likeness (QED) is 0.0285. The molecule has 0 aliphatic heterocycles. The van der Waals surface area contributed by atoms with Gasteiger partial charge in [0, 0.05) is 4.47 Å². The number of esters is 2. The number of amides is 3. The highest BCUT2D eigenvalue weighted by Crippen LogP contribution is 2.34. The summed E-state index contributed by atoms with van der Waals surface area (Å²) in [6.45, 7) is 8.56. The Kier molecular flexibility index (Phi) is 23.8. The van der Waals surface area contributed by atoms with Gasteiger partial charge in [0.05, 0.1) is 37.5 Å². The number of carboxylic acids is 1. The van der Waals surface area contributed by atoms with Gasteiger partial charge < -0.3 is 83.4 Å². The molecule has 6 aromatic carbocycles. The number of ether oxygens (including phenoxy) is 5. The molecule has 9 aromatic rings. The Morgan fingerprint density at radius 2 is 0.753 bits per heavy atom. The van der Waals surface area contributed by atoms with E-state index in [4.69, 9.17) is 52.1 Å². The molecule has 9 N–H and O–H groups in total. The topological polar surface area (TPSA) is 397 Å². The Hall–Kier alpha value is -11.0. The molecule has 0 saturated carbocycles. The molecule has 0 bridgehead atoms. The summed E-state index contributed by atoms with van der Waals surface area (Å²) in [5.41, 5.74) is -2.27. The molecule has 3 amide bonds. The van der Waals surface area contributed by atoms with Gasteiger partial charge in [0.25, 0.3) is 17.7 Å². The lowest BCUT2D eigenvalue weighted by atomic mass is 9.80. The maximum atomic E-state index is 12.4. The molecule has 0 saturated heterocycles. The second-order valence-corrected chi connectivity index (χ2v) is 22.5. The van der Waals surface area contributed by atoms with E-state index in [-0.39, 0.29) is 32.9 Å². The number of rotatable bonds is 15. The zero-order valence-corrected chi connectivity index (χ0v) is 52.9. The van der Waals surface area contributed by atoms with Crippen molar-refractivity contribution < 1.29 is 96.2 Å². The molecule has 0 aliphatic carbocycles. The minimum Gasteiger partial charge on any atom is -0.506 e. The normalized spacial score (nSPS) is 10.8. The van der Waals surface area contributed by atoms with Crippen molar-refractivity contribution in [2.45, 2.75) is 52.7 Å². The fourth-order valence-electron chi connectivity index (χ4n) is 8.31. The first kappa shape index (κ1) is 71.1. The van der Waals surface area contributed by atoms with Gasteiger partial charge in [0.2, 0.25) is 0 Å². The first-order chi connectivity index (χ1) is 43.8. The summed E-state index contributed by atoms with van der Waals surface area (Å²) in [4.78, 5) is 107. The molecule has 0 aliphatic rings. The van der Waals surface area contributed by atoms with Gasteiger partial charge in [-0.25, -0.2) is 14.4 Å². The zero-order chi connectivity index (χ0) is 68.6. The first-order valence-electron chi connectivity index (χ1n) is 27.7. The number of hydrogen-bond acceptors (Lipinski definition) is 22. The molecule has 3 aromatic heterocycles. The third-order valence-corrected chi connectivity index (χ3v) is 13.1. The largest absolute Gasteiger partial charge is 0.506 e. The number of aliphatic carboxylic acids is 1. The maximum Gasteiger partial charge on any atom is 0.488 e. The van der Waals surface area contributed by atoms with E-state index < -0.39 is 124 Å². The Bertz CT molecular complexity index is 4420. The van der Waals surface area contributed by atoms with Crippen molar-refractivity contribution in [2.75, 3.05) is 41.0 Å². The number of fused-ring (bicyclic) bond motifs is 3. The van der Waals surface area contributed by atoms with E-state index in [0.29, 0.717) is 27.2 Å². The third-order valence-electron chi connectivity index (χ3n) is 12.6. The molecule has 93 heavy (non-hydrogen) atoms. The van der Waals surface area contributed by atoms with Crippen LogP contribution >= 0.6 is 15.9 Å². The number of aromatic hydroxyl groups is 3. The number of carbonyl (C=O) groups is 6. The van der Waals surface area contributed by atoms with Gasteiger partial charge in [-0.05, 0) is 148 Å². The molecule has 486 valence electrons. The summed E-state index contributed by atoms with van der Waals surface area (Å²) >= 11 is 3.22. The Morgan fingerprint density at radius 1 is 0.452 bits per heavy atom. The van der Waals surface area contributed by atoms with Crippen LogP contribution in [0.15, 0.2) is 160 Å². The highest BCUT2D eigenvalue weighted by atomic mass is 79.9. The summed E-state index contributed by atoms with van der Waals surface area (Å²) in [6, 6.07) is 35.3. The van der Waals surface area contributed by atoms with E-state index in [1.165, 1.54) is 18.2 Å². The molecule has 28 heteroatoms. The SMILES string of the molecule is CC(C)(C)OC(=O)CNC(=O)c1c(O)c2ccc(Br)cc2oc1=O.COc1ccc(-c2ccc3c(O)c(C(=O)NCC(=O)O)c(=O)oc3c2)cc1.COc1ccc(-c2ccc3c(O)c(C(=O)NCC(=O)OC(C)(C)C)c(=O)oc3c2)cc1.COc1ccc(B(O)O)cc1. The van der Waals surface area contributed by atoms with Crippen LogP contribution in [0.2, 0.25) is 0 Å². The lowest BCUT2D eigenvalue weighted by molar-refractivity contribution is -0.154. The van der Waals surface area contributed by atoms with Crippen molar-refractivity contribution in [3.05, 3.63) is 180 Å². The average Bonchev–Trinajstić information content (AvgIpc) is 0.794. The smallest absolute Gasteiger partial charge is 0.488 e. The predicted octanol–water partition coefficient (Wildman–Crippen LogP) is 6.94. The summed E-state index contributed by atoms with van der Waals surface area (Å²) in [5, 5.41) is 64.1. The Morgan fingerprint density at radius 3 is 1.06 bits per heavy atom. The van der Waals surface area contributed by atoms with Crippen LogP contribution in [0, 0.1) is 0 Å². The number of carbonyl (C=O) groups excluding carboxylic acids is 5. The molecule has 0 spiro atoms. The minimum atomic E-state index is -1.40. The van der Waals surface area contributed by atoms with Gasteiger partial charge in [-0.3, -0.25) is 28.8 Å². The van der Waals surface area contributed by atoms with Gasteiger partial charge >= 0.3 is 41.9 Å². The van der Waals surface area contributed by atoms with E-state index in [2.05, 4.69) is 26.6 Å². The predicted molar refractivity (Wildman–Crippen MR) is 343 cm³/mol. The third kappa shape index (κ3) is 19.5. The van der Waals surface area contributed by atoms with Crippen LogP contribution in [-0.2, 0) is 23.9 Å². The summed E-state index contributed by atoms with van der Waals surface area (Å²) in [7, 11) is 3.29. The number of hydrogen-bond donors (Lipinski definition) is 9. The summed E-state index contributed by atoms with van der Waals surface area (Å²) < 4.78 is 41.4. The van der Waals surface area contributed by atoms with E-state index >= 15 is 0 Å². The molecular weight excluding hydrogens is 1280 g/mol. The number of carboxylic acid groups (broad SMARTS) is 1.